The molecule has 0 bridgehead atoms. The van der Waals surface area contributed by atoms with Crippen molar-refractivity contribution in [1.29, 1.82) is 0 Å². The highest BCUT2D eigenvalue weighted by Gasteiger charge is 2.25. The molecule has 2 rings (SSSR count). The average molecular weight is 355 g/mol. The lowest BCUT2D eigenvalue weighted by Gasteiger charge is -2.30. The first kappa shape index (κ1) is 20.5. The van der Waals surface area contributed by atoms with E-state index in [1.807, 2.05) is 35.2 Å². The maximum Gasteiger partial charge on any atom is 0.306 e. The van der Waals surface area contributed by atoms with Crippen molar-refractivity contribution in [1.82, 2.24) is 10.2 Å². The maximum absolute atomic E-state index is 12.3. The fourth-order valence-corrected chi connectivity index (χ4v) is 3.08. The molecule has 1 amide bonds. The molecule has 24 heavy (non-hydrogen) atoms. The predicted molar refractivity (Wildman–Crippen MR) is 96.3 cm³/mol. The van der Waals surface area contributed by atoms with Gasteiger partial charge in [0.2, 0.25) is 5.91 Å². The van der Waals surface area contributed by atoms with Crippen molar-refractivity contribution in [3.8, 4) is 0 Å². The van der Waals surface area contributed by atoms with Crippen LogP contribution in [0, 0.1) is 5.92 Å². The molecule has 0 radical (unpaired) electrons. The number of carbonyl (C=O) groups is 2. The second-order valence-corrected chi connectivity index (χ2v) is 6.21. The van der Waals surface area contributed by atoms with Crippen LogP contribution in [0.2, 0.25) is 0 Å². The molecule has 134 valence electrons. The second-order valence-electron chi connectivity index (χ2n) is 6.21. The minimum absolute atomic E-state index is 0. The van der Waals surface area contributed by atoms with E-state index in [4.69, 9.17) is 5.11 Å². The standard InChI is InChI=1S/C18H26N2O3.ClH/c1-2-6-16(14-7-4-3-5-8-14)19-17(21)13-20-11-9-15(10-12-20)18(22)23;/h3-5,7-8,15-16H,2,6,9-13H2,1H3,(H,19,21)(H,22,23);1H. The summed E-state index contributed by atoms with van der Waals surface area (Å²) in [4.78, 5) is 25.3. The van der Waals surface area contributed by atoms with Crippen LogP contribution in [-0.2, 0) is 9.59 Å². The monoisotopic (exact) mass is 354 g/mol. The summed E-state index contributed by atoms with van der Waals surface area (Å²) in [6.45, 7) is 3.81. The first-order valence-corrected chi connectivity index (χ1v) is 8.39. The number of benzene rings is 1. The Bertz CT molecular complexity index is 516. The van der Waals surface area contributed by atoms with Gasteiger partial charge in [-0.25, -0.2) is 0 Å². The van der Waals surface area contributed by atoms with Crippen molar-refractivity contribution in [2.45, 2.75) is 38.6 Å². The number of likely N-dealkylation sites (tertiary alicyclic amines) is 1. The zero-order valence-electron chi connectivity index (χ0n) is 14.1. The van der Waals surface area contributed by atoms with Crippen LogP contribution < -0.4 is 5.32 Å². The third-order valence-electron chi connectivity index (χ3n) is 4.42. The Balaban J connectivity index is 0.00000288. The van der Waals surface area contributed by atoms with Crippen LogP contribution in [0.1, 0.15) is 44.2 Å². The normalized spacial score (nSPS) is 16.9. The number of amides is 1. The van der Waals surface area contributed by atoms with Crippen LogP contribution in [-0.4, -0.2) is 41.5 Å². The number of carbonyl (C=O) groups excluding carboxylic acids is 1. The van der Waals surface area contributed by atoms with Crippen molar-refractivity contribution in [2.24, 2.45) is 5.92 Å². The lowest BCUT2D eigenvalue weighted by atomic mass is 9.97. The van der Waals surface area contributed by atoms with Crippen LogP contribution in [0.4, 0.5) is 0 Å². The van der Waals surface area contributed by atoms with Crippen molar-refractivity contribution < 1.29 is 14.7 Å². The van der Waals surface area contributed by atoms with Gasteiger partial charge in [-0.3, -0.25) is 14.5 Å². The summed E-state index contributed by atoms with van der Waals surface area (Å²) >= 11 is 0. The summed E-state index contributed by atoms with van der Waals surface area (Å²) in [6.07, 6.45) is 3.17. The fraction of sp³-hybridized carbons (Fsp3) is 0.556. The third-order valence-corrected chi connectivity index (χ3v) is 4.42. The van der Waals surface area contributed by atoms with Crippen molar-refractivity contribution >= 4 is 24.3 Å². The number of aliphatic carboxylic acids is 1. The Hall–Kier alpha value is -1.59. The van der Waals surface area contributed by atoms with Crippen LogP contribution >= 0.6 is 12.4 Å². The highest BCUT2D eigenvalue weighted by atomic mass is 35.5. The van der Waals surface area contributed by atoms with Gasteiger partial charge in [-0.2, -0.15) is 0 Å². The topological polar surface area (TPSA) is 69.6 Å². The Morgan fingerprint density at radius 3 is 2.42 bits per heavy atom. The number of hydrogen-bond acceptors (Lipinski definition) is 3. The van der Waals surface area contributed by atoms with E-state index in [-0.39, 0.29) is 30.3 Å². The van der Waals surface area contributed by atoms with Gasteiger partial charge >= 0.3 is 5.97 Å². The van der Waals surface area contributed by atoms with Gasteiger partial charge in [-0.05, 0) is 37.9 Å². The average Bonchev–Trinajstić information content (AvgIpc) is 2.55. The predicted octanol–water partition coefficient (Wildman–Crippen LogP) is 2.86. The van der Waals surface area contributed by atoms with Crippen molar-refractivity contribution in [3.63, 3.8) is 0 Å². The Morgan fingerprint density at radius 1 is 1.25 bits per heavy atom. The van der Waals surface area contributed by atoms with Crippen LogP contribution in [0.3, 0.4) is 0 Å². The molecule has 5 nitrogen and oxygen atoms in total. The molecule has 1 fully saturated rings. The molecule has 1 aliphatic heterocycles. The molecule has 2 N–H and O–H groups in total. The number of carboxylic acids is 1. The lowest BCUT2D eigenvalue weighted by Crippen LogP contribution is -2.43. The molecule has 0 aliphatic carbocycles. The van der Waals surface area contributed by atoms with Crippen LogP contribution in [0.15, 0.2) is 30.3 Å². The molecule has 1 unspecified atom stereocenters. The molecule has 0 aromatic heterocycles. The minimum Gasteiger partial charge on any atom is -0.481 e. The van der Waals surface area contributed by atoms with Crippen molar-refractivity contribution in [2.75, 3.05) is 19.6 Å². The summed E-state index contributed by atoms with van der Waals surface area (Å²) in [7, 11) is 0. The van der Waals surface area contributed by atoms with Gasteiger partial charge < -0.3 is 10.4 Å². The van der Waals surface area contributed by atoms with Gasteiger partial charge in [-0.15, -0.1) is 12.4 Å². The Labute approximate surface area is 149 Å². The quantitative estimate of drug-likeness (QED) is 0.790. The van der Waals surface area contributed by atoms with Gasteiger partial charge in [0.25, 0.3) is 0 Å². The summed E-state index contributed by atoms with van der Waals surface area (Å²) < 4.78 is 0. The number of hydrogen-bond donors (Lipinski definition) is 2. The number of nitrogens with one attached hydrogen (secondary N) is 1. The number of carboxylic acid groups (broad SMARTS) is 1. The molecule has 1 aromatic carbocycles. The first-order valence-electron chi connectivity index (χ1n) is 8.39. The molecule has 1 aliphatic rings. The maximum atomic E-state index is 12.3. The molecule has 1 atom stereocenters. The molecule has 0 saturated carbocycles. The van der Waals surface area contributed by atoms with Gasteiger partial charge in [0.1, 0.15) is 0 Å². The summed E-state index contributed by atoms with van der Waals surface area (Å²) in [5.74, 6) is -0.964. The number of nitrogens with zero attached hydrogens (tertiary/aromatic N) is 1. The van der Waals surface area contributed by atoms with Crippen LogP contribution in [0.5, 0.6) is 0 Å². The zero-order valence-corrected chi connectivity index (χ0v) is 14.9. The molecule has 1 saturated heterocycles. The van der Waals surface area contributed by atoms with Gasteiger partial charge in [0.15, 0.2) is 0 Å². The number of halogens is 1. The van der Waals surface area contributed by atoms with E-state index in [1.54, 1.807) is 0 Å². The molecular weight excluding hydrogens is 328 g/mol. The van der Waals surface area contributed by atoms with Gasteiger partial charge in [0.05, 0.1) is 18.5 Å². The SMILES string of the molecule is CCCC(NC(=O)CN1CCC(C(=O)O)CC1)c1ccccc1.Cl. The number of rotatable bonds is 7. The number of piperidine rings is 1. The van der Waals surface area contributed by atoms with E-state index in [0.717, 1.165) is 18.4 Å². The minimum atomic E-state index is -0.721. The molecular formula is C18H27ClN2O3. The second kappa shape index (κ2) is 10.3. The van der Waals surface area contributed by atoms with E-state index in [0.29, 0.717) is 32.5 Å². The molecule has 1 aromatic rings. The first-order chi connectivity index (χ1) is 11.1. The highest BCUT2D eigenvalue weighted by molar-refractivity contribution is 5.85. The zero-order chi connectivity index (χ0) is 16.7. The summed E-state index contributed by atoms with van der Waals surface area (Å²) in [6, 6.07) is 10.1. The summed E-state index contributed by atoms with van der Waals surface area (Å²) in [5, 5.41) is 12.1. The van der Waals surface area contributed by atoms with Crippen molar-refractivity contribution in [3.05, 3.63) is 35.9 Å². The van der Waals surface area contributed by atoms with E-state index >= 15 is 0 Å². The molecule has 0 spiro atoms. The molecule has 6 heteroatoms. The molecule has 1 heterocycles. The Kier molecular flexibility index (Phi) is 8.79. The highest BCUT2D eigenvalue weighted by Crippen LogP contribution is 2.19. The van der Waals surface area contributed by atoms with Gasteiger partial charge in [-0.1, -0.05) is 43.7 Å². The lowest BCUT2D eigenvalue weighted by molar-refractivity contribution is -0.143. The van der Waals surface area contributed by atoms with Gasteiger partial charge in [0, 0.05) is 0 Å². The van der Waals surface area contributed by atoms with E-state index in [9.17, 15) is 9.59 Å². The smallest absolute Gasteiger partial charge is 0.306 e. The van der Waals surface area contributed by atoms with E-state index < -0.39 is 5.97 Å². The van der Waals surface area contributed by atoms with E-state index in [1.165, 1.54) is 0 Å². The fourth-order valence-electron chi connectivity index (χ4n) is 3.08. The van der Waals surface area contributed by atoms with Crippen LogP contribution in [0.25, 0.3) is 0 Å². The summed E-state index contributed by atoms with van der Waals surface area (Å²) in [5.41, 5.74) is 1.13. The largest absolute Gasteiger partial charge is 0.481 e. The van der Waals surface area contributed by atoms with E-state index in [2.05, 4.69) is 12.2 Å². The third kappa shape index (κ3) is 6.13. The Morgan fingerprint density at radius 2 is 1.88 bits per heavy atom.